The first-order valence-corrected chi connectivity index (χ1v) is 8.86. The summed E-state index contributed by atoms with van der Waals surface area (Å²) in [6.45, 7) is 4.19. The number of aryl methyl sites for hydroxylation is 2. The van der Waals surface area contributed by atoms with Gasteiger partial charge in [0.15, 0.2) is 0 Å². The highest BCUT2D eigenvalue weighted by atomic mass is 16.2. The number of fused-ring (bicyclic) bond motifs is 1. The molecule has 25 heavy (non-hydrogen) atoms. The van der Waals surface area contributed by atoms with Crippen LogP contribution in [0.1, 0.15) is 30.5 Å². The van der Waals surface area contributed by atoms with E-state index in [0.29, 0.717) is 6.42 Å². The molecule has 0 saturated heterocycles. The lowest BCUT2D eigenvalue weighted by atomic mass is 10.0. The van der Waals surface area contributed by atoms with Crippen molar-refractivity contribution in [2.75, 3.05) is 5.32 Å². The average Bonchev–Trinajstić information content (AvgIpc) is 3.04. The van der Waals surface area contributed by atoms with Crippen molar-refractivity contribution in [3.8, 4) is 0 Å². The molecule has 0 aliphatic rings. The Balaban J connectivity index is 1.77. The number of aromatic amines is 1. The standard InChI is InChI=1S/C21H25N3O/c1-3-14-8-7-9-15(4-2)20(14)24-21(25)18(22)12-16-13-23-19-11-6-5-10-17(16)19/h5-11,13,18,23H,3-4,12,22H2,1-2H3,(H,24,25)/t18-/m0/s1. The maximum absolute atomic E-state index is 12.7. The number of amides is 1. The van der Waals surface area contributed by atoms with Crippen molar-refractivity contribution in [1.82, 2.24) is 4.98 Å². The Bertz CT molecular complexity index is 859. The lowest BCUT2D eigenvalue weighted by Crippen LogP contribution is -2.37. The number of H-pyrrole nitrogens is 1. The van der Waals surface area contributed by atoms with Gasteiger partial charge in [-0.05, 0) is 42.0 Å². The molecule has 0 aliphatic carbocycles. The van der Waals surface area contributed by atoms with Gasteiger partial charge in [-0.15, -0.1) is 0 Å². The highest BCUT2D eigenvalue weighted by molar-refractivity contribution is 5.96. The predicted octanol–water partition coefficient (Wildman–Crippen LogP) is 3.80. The summed E-state index contributed by atoms with van der Waals surface area (Å²) < 4.78 is 0. The Morgan fingerprint density at radius 3 is 2.40 bits per heavy atom. The van der Waals surface area contributed by atoms with Crippen LogP contribution in [0.3, 0.4) is 0 Å². The van der Waals surface area contributed by atoms with Gasteiger partial charge in [-0.1, -0.05) is 50.2 Å². The molecule has 0 bridgehead atoms. The highest BCUT2D eigenvalue weighted by Crippen LogP contribution is 2.23. The first-order chi connectivity index (χ1) is 12.1. The number of nitrogens with two attached hydrogens (primary N) is 1. The van der Waals surface area contributed by atoms with Gasteiger partial charge in [0.05, 0.1) is 6.04 Å². The summed E-state index contributed by atoms with van der Waals surface area (Å²) in [5.74, 6) is -0.138. The Morgan fingerprint density at radius 2 is 1.72 bits per heavy atom. The molecule has 4 nitrogen and oxygen atoms in total. The Hall–Kier alpha value is -2.59. The third kappa shape index (κ3) is 3.59. The van der Waals surface area contributed by atoms with E-state index in [1.54, 1.807) is 0 Å². The molecule has 3 rings (SSSR count). The topological polar surface area (TPSA) is 70.9 Å². The number of anilines is 1. The second kappa shape index (κ2) is 7.53. The molecule has 4 N–H and O–H groups in total. The fourth-order valence-corrected chi connectivity index (χ4v) is 3.25. The molecule has 1 amide bonds. The van der Waals surface area contributed by atoms with Gasteiger partial charge in [-0.2, -0.15) is 0 Å². The summed E-state index contributed by atoms with van der Waals surface area (Å²) in [6.07, 6.45) is 4.20. The van der Waals surface area contributed by atoms with E-state index in [-0.39, 0.29) is 5.91 Å². The zero-order valence-corrected chi connectivity index (χ0v) is 14.8. The molecule has 1 heterocycles. The lowest BCUT2D eigenvalue weighted by Gasteiger charge is -2.17. The molecule has 0 spiro atoms. The molecular weight excluding hydrogens is 310 g/mol. The largest absolute Gasteiger partial charge is 0.361 e. The number of carbonyl (C=O) groups is 1. The minimum atomic E-state index is -0.589. The van der Waals surface area contributed by atoms with Crippen molar-refractivity contribution in [3.05, 3.63) is 65.4 Å². The van der Waals surface area contributed by atoms with Crippen LogP contribution in [0.25, 0.3) is 10.9 Å². The lowest BCUT2D eigenvalue weighted by molar-refractivity contribution is -0.117. The van der Waals surface area contributed by atoms with E-state index in [1.807, 2.05) is 36.5 Å². The van der Waals surface area contributed by atoms with E-state index >= 15 is 0 Å². The Kier molecular flexibility index (Phi) is 5.19. The molecule has 3 aromatic rings. The van der Waals surface area contributed by atoms with Crippen molar-refractivity contribution in [3.63, 3.8) is 0 Å². The summed E-state index contributed by atoms with van der Waals surface area (Å²) in [7, 11) is 0. The van der Waals surface area contributed by atoms with Crippen LogP contribution in [-0.4, -0.2) is 16.9 Å². The molecule has 4 heteroatoms. The number of aromatic nitrogens is 1. The summed E-state index contributed by atoms with van der Waals surface area (Å²) in [4.78, 5) is 15.9. The van der Waals surface area contributed by atoms with Crippen molar-refractivity contribution in [2.24, 2.45) is 5.73 Å². The number of rotatable bonds is 6. The number of hydrogen-bond acceptors (Lipinski definition) is 2. The van der Waals surface area contributed by atoms with Crippen LogP contribution in [0.15, 0.2) is 48.7 Å². The fraction of sp³-hybridized carbons (Fsp3) is 0.286. The van der Waals surface area contributed by atoms with E-state index in [9.17, 15) is 4.79 Å². The number of para-hydroxylation sites is 2. The van der Waals surface area contributed by atoms with Gasteiger partial charge in [0.1, 0.15) is 0 Å². The SMILES string of the molecule is CCc1cccc(CC)c1NC(=O)[C@@H](N)Cc1c[nH]c2ccccc12. The van der Waals surface area contributed by atoms with Crippen LogP contribution < -0.4 is 11.1 Å². The van der Waals surface area contributed by atoms with Crippen LogP contribution in [-0.2, 0) is 24.1 Å². The van der Waals surface area contributed by atoms with Crippen LogP contribution in [0, 0.1) is 0 Å². The maximum atomic E-state index is 12.7. The monoisotopic (exact) mass is 335 g/mol. The molecule has 0 fully saturated rings. The Labute approximate surface area is 148 Å². The van der Waals surface area contributed by atoms with Gasteiger partial charge < -0.3 is 16.0 Å². The van der Waals surface area contributed by atoms with Crippen LogP contribution in [0.2, 0.25) is 0 Å². The highest BCUT2D eigenvalue weighted by Gasteiger charge is 2.18. The molecule has 2 aromatic carbocycles. The van der Waals surface area contributed by atoms with Crippen molar-refractivity contribution in [2.45, 2.75) is 39.2 Å². The predicted molar refractivity (Wildman–Crippen MR) is 104 cm³/mol. The number of benzene rings is 2. The molecule has 0 aliphatic heterocycles. The fourth-order valence-electron chi connectivity index (χ4n) is 3.25. The average molecular weight is 335 g/mol. The van der Waals surface area contributed by atoms with E-state index in [2.05, 4.69) is 36.3 Å². The van der Waals surface area contributed by atoms with Gasteiger partial charge in [-0.3, -0.25) is 4.79 Å². The van der Waals surface area contributed by atoms with E-state index in [0.717, 1.165) is 46.1 Å². The second-order valence-corrected chi connectivity index (χ2v) is 6.32. The molecule has 0 unspecified atom stereocenters. The molecule has 0 radical (unpaired) electrons. The van der Waals surface area contributed by atoms with Gasteiger partial charge in [0.25, 0.3) is 0 Å². The van der Waals surface area contributed by atoms with Gasteiger partial charge in [0.2, 0.25) is 5.91 Å². The zero-order chi connectivity index (χ0) is 17.8. The first kappa shape index (κ1) is 17.2. The smallest absolute Gasteiger partial charge is 0.241 e. The third-order valence-electron chi connectivity index (χ3n) is 4.70. The summed E-state index contributed by atoms with van der Waals surface area (Å²) in [5, 5.41) is 4.19. The van der Waals surface area contributed by atoms with Crippen LogP contribution >= 0.6 is 0 Å². The van der Waals surface area contributed by atoms with E-state index in [4.69, 9.17) is 5.73 Å². The van der Waals surface area contributed by atoms with Gasteiger partial charge in [-0.25, -0.2) is 0 Å². The van der Waals surface area contributed by atoms with Crippen molar-refractivity contribution >= 4 is 22.5 Å². The Morgan fingerprint density at radius 1 is 1.04 bits per heavy atom. The zero-order valence-electron chi connectivity index (χ0n) is 14.8. The summed E-state index contributed by atoms with van der Waals surface area (Å²) >= 11 is 0. The number of carbonyl (C=O) groups excluding carboxylic acids is 1. The molecule has 1 aromatic heterocycles. The van der Waals surface area contributed by atoms with Crippen LogP contribution in [0.4, 0.5) is 5.69 Å². The van der Waals surface area contributed by atoms with E-state index in [1.165, 1.54) is 0 Å². The summed E-state index contributed by atoms with van der Waals surface area (Å²) in [6, 6.07) is 13.6. The third-order valence-corrected chi connectivity index (χ3v) is 4.70. The molecule has 130 valence electrons. The summed E-state index contributed by atoms with van der Waals surface area (Å²) in [5.41, 5.74) is 11.6. The van der Waals surface area contributed by atoms with Crippen molar-refractivity contribution in [1.29, 1.82) is 0 Å². The van der Waals surface area contributed by atoms with E-state index < -0.39 is 6.04 Å². The van der Waals surface area contributed by atoms with Crippen molar-refractivity contribution < 1.29 is 4.79 Å². The van der Waals surface area contributed by atoms with Gasteiger partial charge >= 0.3 is 0 Å². The minimum absolute atomic E-state index is 0.138. The quantitative estimate of drug-likeness (QED) is 0.641. The second-order valence-electron chi connectivity index (χ2n) is 6.32. The molecule has 1 atom stereocenters. The minimum Gasteiger partial charge on any atom is -0.361 e. The van der Waals surface area contributed by atoms with Gasteiger partial charge in [0, 0.05) is 22.8 Å². The number of nitrogens with one attached hydrogen (secondary N) is 2. The first-order valence-electron chi connectivity index (χ1n) is 8.86. The molecular formula is C21H25N3O. The normalized spacial score (nSPS) is 12.3. The maximum Gasteiger partial charge on any atom is 0.241 e. The number of hydrogen-bond donors (Lipinski definition) is 3. The van der Waals surface area contributed by atoms with Crippen LogP contribution in [0.5, 0.6) is 0 Å². The molecule has 0 saturated carbocycles.